The zero-order chi connectivity index (χ0) is 28.8. The number of carbonyl (C=O) groups excluding carboxylic acids is 1. The van der Waals surface area contributed by atoms with Crippen LogP contribution < -0.4 is 5.32 Å². The van der Waals surface area contributed by atoms with Gasteiger partial charge in [0.1, 0.15) is 12.2 Å². The van der Waals surface area contributed by atoms with Crippen LogP contribution in [-0.4, -0.2) is 37.1 Å². The molecular weight excluding hydrogens is 522 g/mol. The van der Waals surface area contributed by atoms with Gasteiger partial charge in [0.15, 0.2) is 0 Å². The zero-order valence-corrected chi connectivity index (χ0v) is 23.2. The van der Waals surface area contributed by atoms with E-state index < -0.39 is 17.7 Å². The summed E-state index contributed by atoms with van der Waals surface area (Å²) in [6.07, 6.45) is -0.593. The molecule has 0 fully saturated rings. The predicted molar refractivity (Wildman–Crippen MR) is 164 cm³/mol. The topological polar surface area (TPSA) is 67.8 Å². The number of aliphatic hydroxyl groups is 1. The largest absolute Gasteiger partial charge is 0.449 e. The van der Waals surface area contributed by atoms with Crippen LogP contribution in [0.2, 0.25) is 0 Å². The molecule has 0 unspecified atom stereocenters. The Morgan fingerprint density at radius 1 is 0.667 bits per heavy atom. The highest BCUT2D eigenvalue weighted by Crippen LogP contribution is 2.44. The molecule has 5 aromatic rings. The summed E-state index contributed by atoms with van der Waals surface area (Å²) in [6, 6.07) is 45.8. The molecule has 1 amide bonds. The summed E-state index contributed by atoms with van der Waals surface area (Å²) in [6.45, 7) is -0.0567. The lowest BCUT2D eigenvalue weighted by Gasteiger charge is -2.37. The van der Waals surface area contributed by atoms with E-state index in [2.05, 4.69) is 29.6 Å². The van der Waals surface area contributed by atoms with Crippen LogP contribution in [0.25, 0.3) is 11.1 Å². The SMILES string of the molecule is O=C(N[C@H](CO)COC(c1ccccc1)(c1ccccc1)c1ccccc1)OCC1c2ccccc2-c2ccccc21. The van der Waals surface area contributed by atoms with Gasteiger partial charge in [-0.05, 0) is 38.9 Å². The third-order valence-corrected chi connectivity index (χ3v) is 7.93. The number of amides is 1. The van der Waals surface area contributed by atoms with Crippen molar-refractivity contribution in [2.75, 3.05) is 19.8 Å². The lowest BCUT2D eigenvalue weighted by molar-refractivity contribution is -0.00823. The molecule has 42 heavy (non-hydrogen) atoms. The fourth-order valence-electron chi connectivity index (χ4n) is 5.94. The molecule has 0 bridgehead atoms. The molecule has 1 aliphatic carbocycles. The Bertz CT molecular complexity index is 1480. The van der Waals surface area contributed by atoms with E-state index in [1.54, 1.807) is 0 Å². The Hall–Kier alpha value is -4.71. The molecule has 0 radical (unpaired) electrons. The van der Waals surface area contributed by atoms with Gasteiger partial charge < -0.3 is 19.9 Å². The van der Waals surface area contributed by atoms with E-state index in [1.165, 1.54) is 11.1 Å². The molecule has 2 N–H and O–H groups in total. The van der Waals surface area contributed by atoms with Crippen LogP contribution in [0.4, 0.5) is 4.79 Å². The van der Waals surface area contributed by atoms with Gasteiger partial charge in [0, 0.05) is 5.92 Å². The molecule has 1 atom stereocenters. The summed E-state index contributed by atoms with van der Waals surface area (Å²) in [5.41, 5.74) is 6.50. The summed E-state index contributed by atoms with van der Waals surface area (Å²) in [5, 5.41) is 13.1. The van der Waals surface area contributed by atoms with E-state index in [0.717, 1.165) is 27.8 Å². The van der Waals surface area contributed by atoms with E-state index in [-0.39, 0.29) is 25.7 Å². The summed E-state index contributed by atoms with van der Waals surface area (Å²) in [5.74, 6) is -0.0473. The molecule has 0 aliphatic heterocycles. The van der Waals surface area contributed by atoms with Crippen molar-refractivity contribution in [2.24, 2.45) is 0 Å². The van der Waals surface area contributed by atoms with Crippen molar-refractivity contribution < 1.29 is 19.4 Å². The van der Waals surface area contributed by atoms with E-state index in [9.17, 15) is 9.90 Å². The standard InChI is InChI=1S/C37H33NO4/c39-24-30(38-36(40)41-26-35-33-22-12-10-20-31(33)32-21-11-13-23-34(32)35)25-42-37(27-14-4-1-5-15-27,28-16-6-2-7-17-28)29-18-8-3-9-19-29/h1-23,30,35,39H,24-26H2,(H,38,40)/t30-/m1/s1. The minimum absolute atomic E-state index is 0.0473. The first-order valence-corrected chi connectivity index (χ1v) is 14.2. The maximum absolute atomic E-state index is 13.0. The first-order chi connectivity index (χ1) is 20.7. The lowest BCUT2D eigenvalue weighted by Crippen LogP contribution is -2.44. The van der Waals surface area contributed by atoms with Crippen molar-refractivity contribution in [3.05, 3.63) is 167 Å². The van der Waals surface area contributed by atoms with E-state index >= 15 is 0 Å². The number of alkyl carbamates (subject to hydrolysis) is 1. The highest BCUT2D eigenvalue weighted by atomic mass is 16.6. The van der Waals surface area contributed by atoms with Gasteiger partial charge in [-0.3, -0.25) is 0 Å². The molecule has 1 aliphatic rings. The molecule has 210 valence electrons. The number of benzene rings is 5. The Labute approximate surface area is 246 Å². The van der Waals surface area contributed by atoms with Gasteiger partial charge >= 0.3 is 6.09 Å². The first kappa shape index (κ1) is 27.5. The Morgan fingerprint density at radius 3 is 1.55 bits per heavy atom. The molecule has 0 spiro atoms. The van der Waals surface area contributed by atoms with Crippen LogP contribution in [0.5, 0.6) is 0 Å². The van der Waals surface area contributed by atoms with Crippen LogP contribution >= 0.6 is 0 Å². The number of hydrogen-bond acceptors (Lipinski definition) is 4. The van der Waals surface area contributed by atoms with Gasteiger partial charge in [0.05, 0.1) is 19.3 Å². The number of hydrogen-bond donors (Lipinski definition) is 2. The number of aliphatic hydroxyl groups excluding tert-OH is 1. The number of rotatable bonds is 10. The second kappa shape index (κ2) is 12.4. The van der Waals surface area contributed by atoms with Crippen molar-refractivity contribution in [3.8, 4) is 11.1 Å². The number of carbonyl (C=O) groups is 1. The Balaban J connectivity index is 1.20. The average Bonchev–Trinajstić information content (AvgIpc) is 3.38. The second-order valence-electron chi connectivity index (χ2n) is 10.4. The Kier molecular flexibility index (Phi) is 8.13. The van der Waals surface area contributed by atoms with Gasteiger partial charge in [-0.15, -0.1) is 0 Å². The summed E-state index contributed by atoms with van der Waals surface area (Å²) >= 11 is 0. The third kappa shape index (κ3) is 5.32. The van der Waals surface area contributed by atoms with Gasteiger partial charge in [0.2, 0.25) is 0 Å². The maximum atomic E-state index is 13.0. The Morgan fingerprint density at radius 2 is 1.10 bits per heavy atom. The number of fused-ring (bicyclic) bond motifs is 3. The second-order valence-corrected chi connectivity index (χ2v) is 10.4. The van der Waals surface area contributed by atoms with E-state index in [1.807, 2.05) is 115 Å². The normalized spacial score (nSPS) is 13.2. The van der Waals surface area contributed by atoms with Crippen molar-refractivity contribution in [1.82, 2.24) is 5.32 Å². The maximum Gasteiger partial charge on any atom is 0.407 e. The quantitative estimate of drug-likeness (QED) is 0.184. The van der Waals surface area contributed by atoms with E-state index in [0.29, 0.717) is 0 Å². The highest BCUT2D eigenvalue weighted by Gasteiger charge is 2.38. The van der Waals surface area contributed by atoms with Gasteiger partial charge in [-0.1, -0.05) is 140 Å². The van der Waals surface area contributed by atoms with Crippen LogP contribution in [0, 0.1) is 0 Å². The van der Waals surface area contributed by atoms with Crippen molar-refractivity contribution >= 4 is 6.09 Å². The van der Waals surface area contributed by atoms with E-state index in [4.69, 9.17) is 9.47 Å². The molecule has 5 nitrogen and oxygen atoms in total. The van der Waals surface area contributed by atoms with Gasteiger partial charge in [0.25, 0.3) is 0 Å². The first-order valence-electron chi connectivity index (χ1n) is 14.2. The fraction of sp³-hybridized carbons (Fsp3) is 0.162. The van der Waals surface area contributed by atoms with Crippen LogP contribution in [0.15, 0.2) is 140 Å². The average molecular weight is 556 g/mol. The van der Waals surface area contributed by atoms with Crippen LogP contribution in [0.1, 0.15) is 33.7 Å². The molecule has 0 aromatic heterocycles. The summed E-state index contributed by atoms with van der Waals surface area (Å²) < 4.78 is 12.5. The molecule has 0 heterocycles. The molecule has 5 aromatic carbocycles. The van der Waals surface area contributed by atoms with Gasteiger partial charge in [-0.2, -0.15) is 0 Å². The number of ether oxygens (including phenoxy) is 2. The molecule has 5 heteroatoms. The van der Waals surface area contributed by atoms with Crippen molar-refractivity contribution in [1.29, 1.82) is 0 Å². The lowest BCUT2D eigenvalue weighted by atomic mass is 9.80. The molecular formula is C37H33NO4. The highest BCUT2D eigenvalue weighted by molar-refractivity contribution is 5.79. The minimum atomic E-state index is -0.958. The molecule has 0 saturated carbocycles. The zero-order valence-electron chi connectivity index (χ0n) is 23.2. The smallest absolute Gasteiger partial charge is 0.407 e. The third-order valence-electron chi connectivity index (χ3n) is 7.93. The molecule has 0 saturated heterocycles. The number of nitrogens with one attached hydrogen (secondary N) is 1. The van der Waals surface area contributed by atoms with Crippen molar-refractivity contribution in [3.63, 3.8) is 0 Å². The summed E-state index contributed by atoms with van der Waals surface area (Å²) in [7, 11) is 0. The minimum Gasteiger partial charge on any atom is -0.449 e. The predicted octanol–water partition coefficient (Wildman–Crippen LogP) is 6.89. The van der Waals surface area contributed by atoms with Crippen molar-refractivity contribution in [2.45, 2.75) is 17.6 Å². The van der Waals surface area contributed by atoms with Crippen LogP contribution in [-0.2, 0) is 15.1 Å². The fourth-order valence-corrected chi connectivity index (χ4v) is 5.94. The van der Waals surface area contributed by atoms with Crippen LogP contribution in [0.3, 0.4) is 0 Å². The monoisotopic (exact) mass is 555 g/mol. The molecule has 6 rings (SSSR count). The summed E-state index contributed by atoms with van der Waals surface area (Å²) in [4.78, 5) is 13.0. The van der Waals surface area contributed by atoms with Gasteiger partial charge in [-0.25, -0.2) is 4.79 Å².